The van der Waals surface area contributed by atoms with Crippen LogP contribution in [0.1, 0.15) is 39.7 Å². The summed E-state index contributed by atoms with van der Waals surface area (Å²) in [4.78, 5) is 12.1. The number of fused-ring (bicyclic) bond motifs is 11. The zero-order valence-corrected chi connectivity index (χ0v) is 27.1. The minimum absolute atomic E-state index is 0.485. The Kier molecular flexibility index (Phi) is 5.66. The van der Waals surface area contributed by atoms with Crippen molar-refractivity contribution < 1.29 is 8.83 Å². The number of amidine groups is 2. The molecule has 1 aliphatic carbocycles. The van der Waals surface area contributed by atoms with Gasteiger partial charge in [0.1, 0.15) is 34.0 Å². The van der Waals surface area contributed by atoms with Gasteiger partial charge in [0, 0.05) is 53.2 Å². The van der Waals surface area contributed by atoms with Crippen LogP contribution in [0.2, 0.25) is 0 Å². The molecule has 49 heavy (non-hydrogen) atoms. The van der Waals surface area contributed by atoms with Gasteiger partial charge in [-0.1, -0.05) is 91.0 Å². The van der Waals surface area contributed by atoms with E-state index in [0.717, 1.165) is 90.5 Å². The molecule has 0 saturated heterocycles. The highest BCUT2D eigenvalue weighted by molar-refractivity contribution is 7.20. The van der Waals surface area contributed by atoms with Crippen molar-refractivity contribution >= 4 is 93.8 Å². The van der Waals surface area contributed by atoms with Gasteiger partial charge in [0.15, 0.2) is 6.17 Å². The number of aryl methyl sites for hydroxylation is 1. The van der Waals surface area contributed by atoms with E-state index in [1.54, 1.807) is 0 Å². The van der Waals surface area contributed by atoms with Crippen LogP contribution >= 0.6 is 11.3 Å². The van der Waals surface area contributed by atoms with Crippen LogP contribution in [0, 0.1) is 0 Å². The quantitative estimate of drug-likeness (QED) is 0.207. The van der Waals surface area contributed by atoms with E-state index in [9.17, 15) is 0 Å². The molecular formula is C43H27N3O2S. The lowest BCUT2D eigenvalue weighted by molar-refractivity contribution is 0.668. The van der Waals surface area contributed by atoms with E-state index in [2.05, 4.69) is 115 Å². The standard InChI is InChI=1S/C43H27N3O2S/c1-2-12-26-24(10-1)11-9-16-30(26)42-44-41(25-20-21-29-27-13-3-6-17-34(27)47-36(29)22-25)45-43(46-42)33-23-32-28-14-4-7-18-35(28)48-39(32)38-31-15-5-8-19-37(31)49-40(33)38/h1-4,6-14,16-23,43H,5,15H2,(H,44,45,46). The van der Waals surface area contributed by atoms with Gasteiger partial charge in [-0.05, 0) is 65.6 Å². The first-order valence-corrected chi connectivity index (χ1v) is 17.5. The number of thiophene rings is 1. The first-order chi connectivity index (χ1) is 24.3. The van der Waals surface area contributed by atoms with Crippen LogP contribution in [0.25, 0.3) is 70.8 Å². The number of hydrogen-bond donors (Lipinski definition) is 1. The van der Waals surface area contributed by atoms with Crippen LogP contribution in [0.15, 0.2) is 140 Å². The summed E-state index contributed by atoms with van der Waals surface area (Å²) in [5, 5.41) is 11.6. The average molecular weight is 650 g/mol. The maximum atomic E-state index is 6.62. The van der Waals surface area contributed by atoms with Crippen LogP contribution in [0.5, 0.6) is 0 Å². The first-order valence-electron chi connectivity index (χ1n) is 16.7. The summed E-state index contributed by atoms with van der Waals surface area (Å²) in [5.74, 6) is 1.56. The molecule has 0 saturated carbocycles. The zero-order chi connectivity index (χ0) is 32.1. The molecule has 1 N–H and O–H groups in total. The van der Waals surface area contributed by atoms with Crippen molar-refractivity contribution in [3.63, 3.8) is 0 Å². The normalized spacial score (nSPS) is 16.1. The second-order valence-corrected chi connectivity index (χ2v) is 13.9. The third-order valence-electron chi connectivity index (χ3n) is 10.0. The number of para-hydroxylation sites is 2. The molecule has 5 nitrogen and oxygen atoms in total. The Morgan fingerprint density at radius 2 is 1.39 bits per heavy atom. The van der Waals surface area contributed by atoms with Gasteiger partial charge in [-0.2, -0.15) is 0 Å². The van der Waals surface area contributed by atoms with E-state index < -0.39 is 6.17 Å². The molecule has 0 radical (unpaired) electrons. The van der Waals surface area contributed by atoms with Crippen molar-refractivity contribution in [3.8, 4) is 0 Å². The summed E-state index contributed by atoms with van der Waals surface area (Å²) in [6.07, 6.45) is 6.07. The number of furan rings is 2. The van der Waals surface area contributed by atoms with Gasteiger partial charge in [-0.25, -0.2) is 9.98 Å². The molecule has 1 atom stereocenters. The fourth-order valence-electron chi connectivity index (χ4n) is 7.71. The Morgan fingerprint density at radius 3 is 2.29 bits per heavy atom. The number of rotatable bonds is 3. The van der Waals surface area contributed by atoms with Crippen molar-refractivity contribution in [2.45, 2.75) is 19.0 Å². The van der Waals surface area contributed by atoms with E-state index in [0.29, 0.717) is 0 Å². The number of benzene rings is 6. The monoisotopic (exact) mass is 649 g/mol. The summed E-state index contributed by atoms with van der Waals surface area (Å²) in [6, 6.07) is 40.0. The molecule has 1 unspecified atom stereocenters. The maximum absolute atomic E-state index is 6.62. The Labute approximate surface area is 284 Å². The highest BCUT2D eigenvalue weighted by Crippen LogP contribution is 2.47. The Bertz CT molecular complexity index is 2930. The molecule has 1 aliphatic heterocycles. The molecular weight excluding hydrogens is 623 g/mol. The van der Waals surface area contributed by atoms with Crippen molar-refractivity contribution in [1.82, 2.24) is 5.32 Å². The molecule has 9 aromatic rings. The molecule has 11 rings (SSSR count). The van der Waals surface area contributed by atoms with Crippen LogP contribution < -0.4 is 5.32 Å². The smallest absolute Gasteiger partial charge is 0.171 e. The Morgan fingerprint density at radius 1 is 0.653 bits per heavy atom. The number of hydrogen-bond acceptors (Lipinski definition) is 6. The van der Waals surface area contributed by atoms with E-state index in [1.807, 2.05) is 29.5 Å². The largest absolute Gasteiger partial charge is 0.456 e. The third-order valence-corrected chi connectivity index (χ3v) is 11.3. The van der Waals surface area contributed by atoms with Crippen molar-refractivity contribution in [2.24, 2.45) is 9.98 Å². The number of aliphatic imine (C=N–C) groups is 2. The van der Waals surface area contributed by atoms with Gasteiger partial charge >= 0.3 is 0 Å². The summed E-state index contributed by atoms with van der Waals surface area (Å²) in [7, 11) is 0. The van der Waals surface area contributed by atoms with E-state index in [4.69, 9.17) is 18.8 Å². The van der Waals surface area contributed by atoms with Crippen LogP contribution in [-0.2, 0) is 6.42 Å². The molecule has 232 valence electrons. The van der Waals surface area contributed by atoms with Crippen molar-refractivity contribution in [2.75, 3.05) is 0 Å². The highest BCUT2D eigenvalue weighted by Gasteiger charge is 2.28. The molecule has 0 spiro atoms. The second kappa shape index (κ2) is 10.3. The Hall–Kier alpha value is -5.98. The van der Waals surface area contributed by atoms with E-state index in [1.165, 1.54) is 25.9 Å². The summed E-state index contributed by atoms with van der Waals surface area (Å²) < 4.78 is 14.1. The topological polar surface area (TPSA) is 63.0 Å². The number of nitrogens with one attached hydrogen (secondary N) is 1. The average Bonchev–Trinajstić information content (AvgIpc) is 3.85. The van der Waals surface area contributed by atoms with Gasteiger partial charge in [0.2, 0.25) is 0 Å². The Balaban J connectivity index is 1.18. The molecule has 0 bridgehead atoms. The molecule has 3 aromatic heterocycles. The predicted octanol–water partition coefficient (Wildman–Crippen LogP) is 11.3. The fourth-order valence-corrected chi connectivity index (χ4v) is 9.02. The highest BCUT2D eigenvalue weighted by atomic mass is 32.1. The molecule has 4 heterocycles. The number of nitrogens with zero attached hydrogens (tertiary/aromatic N) is 2. The molecule has 6 aromatic carbocycles. The summed E-state index contributed by atoms with van der Waals surface area (Å²) in [6.45, 7) is 0. The lowest BCUT2D eigenvalue weighted by Crippen LogP contribution is -2.36. The molecule has 0 fully saturated rings. The fraction of sp³-hybridized carbons (Fsp3) is 0.0698. The molecule has 6 heteroatoms. The summed E-state index contributed by atoms with van der Waals surface area (Å²) >= 11 is 1.82. The predicted molar refractivity (Wildman–Crippen MR) is 203 cm³/mol. The van der Waals surface area contributed by atoms with Gasteiger partial charge < -0.3 is 14.2 Å². The van der Waals surface area contributed by atoms with E-state index in [-0.39, 0.29) is 0 Å². The van der Waals surface area contributed by atoms with Gasteiger partial charge in [0.05, 0.1) is 0 Å². The lowest BCUT2D eigenvalue weighted by atomic mass is 9.96. The minimum Gasteiger partial charge on any atom is -0.456 e. The minimum atomic E-state index is -0.485. The maximum Gasteiger partial charge on any atom is 0.171 e. The van der Waals surface area contributed by atoms with Crippen molar-refractivity contribution in [3.05, 3.63) is 148 Å². The van der Waals surface area contributed by atoms with Crippen LogP contribution in [0.3, 0.4) is 0 Å². The second-order valence-electron chi connectivity index (χ2n) is 12.8. The van der Waals surface area contributed by atoms with Gasteiger partial charge in [-0.3, -0.25) is 0 Å². The van der Waals surface area contributed by atoms with Crippen LogP contribution in [0.4, 0.5) is 0 Å². The molecule has 0 amide bonds. The van der Waals surface area contributed by atoms with Crippen LogP contribution in [-0.4, -0.2) is 11.7 Å². The van der Waals surface area contributed by atoms with Gasteiger partial charge in [0.25, 0.3) is 0 Å². The number of allylic oxidation sites excluding steroid dienone is 1. The van der Waals surface area contributed by atoms with E-state index >= 15 is 0 Å². The lowest BCUT2D eigenvalue weighted by Gasteiger charge is -2.23. The van der Waals surface area contributed by atoms with Gasteiger partial charge in [-0.15, -0.1) is 11.3 Å². The first kappa shape index (κ1) is 27.0. The van der Waals surface area contributed by atoms with Crippen molar-refractivity contribution in [1.29, 1.82) is 0 Å². The summed E-state index contributed by atoms with van der Waals surface area (Å²) in [5.41, 5.74) is 8.01. The molecule has 2 aliphatic rings. The zero-order valence-electron chi connectivity index (χ0n) is 26.2. The third kappa shape index (κ3) is 4.04. The SMILES string of the molecule is C1=Cc2sc3c(C4N=C(c5ccc6c(c5)oc5ccccc56)NC(c5cccc6ccccc56)=N4)cc4c5ccccc5oc4c3c2CC1.